The van der Waals surface area contributed by atoms with Gasteiger partial charge in [-0.1, -0.05) is 6.07 Å². The Morgan fingerprint density at radius 1 is 1.30 bits per heavy atom. The molecule has 0 spiro atoms. The Bertz CT molecular complexity index is 928. The Morgan fingerprint density at radius 2 is 2.04 bits per heavy atom. The van der Waals surface area contributed by atoms with Crippen LogP contribution in [-0.2, 0) is 11.2 Å². The van der Waals surface area contributed by atoms with Crippen LogP contribution in [0.15, 0.2) is 29.6 Å². The smallest absolute Gasteiger partial charge is 0.307 e. The molecule has 0 radical (unpaired) electrons. The Balaban J connectivity index is 2.35. The highest BCUT2D eigenvalue weighted by Gasteiger charge is 2.25. The van der Waals surface area contributed by atoms with Crippen molar-refractivity contribution in [2.75, 3.05) is 0 Å². The normalized spacial score (nSPS) is 11.0. The number of halogens is 1. The third kappa shape index (κ3) is 2.39. The second-order valence-electron chi connectivity index (χ2n) is 5.05. The first-order valence-electron chi connectivity index (χ1n) is 6.73. The third-order valence-electron chi connectivity index (χ3n) is 3.68. The minimum absolute atomic E-state index is 0.0326. The third-order valence-corrected chi connectivity index (χ3v) is 4.54. The van der Waals surface area contributed by atoms with Gasteiger partial charge in [-0.25, -0.2) is 4.39 Å². The van der Waals surface area contributed by atoms with Crippen molar-refractivity contribution in [3.8, 4) is 5.75 Å². The van der Waals surface area contributed by atoms with E-state index in [1.807, 2.05) is 0 Å². The van der Waals surface area contributed by atoms with E-state index in [4.69, 9.17) is 5.11 Å². The second-order valence-corrected chi connectivity index (χ2v) is 5.99. The summed E-state index contributed by atoms with van der Waals surface area (Å²) in [5, 5.41) is 20.4. The maximum absolute atomic E-state index is 14.3. The number of benzene rings is 1. The summed E-state index contributed by atoms with van der Waals surface area (Å²) in [5.74, 6) is -2.99. The van der Waals surface area contributed by atoms with Crippen LogP contribution in [0.3, 0.4) is 0 Å². The van der Waals surface area contributed by atoms with Gasteiger partial charge in [0, 0.05) is 11.1 Å². The fraction of sp³-hybridized carbons (Fsp3) is 0.125. The largest absolute Gasteiger partial charge is 0.505 e. The number of aromatic hydroxyl groups is 1. The maximum Gasteiger partial charge on any atom is 0.307 e. The quantitative estimate of drug-likeness (QED) is 0.771. The van der Waals surface area contributed by atoms with Gasteiger partial charge >= 0.3 is 5.97 Å². The van der Waals surface area contributed by atoms with Crippen LogP contribution in [0.5, 0.6) is 5.75 Å². The van der Waals surface area contributed by atoms with Gasteiger partial charge in [0.2, 0.25) is 0 Å². The molecular formula is C16H12FNO4S. The maximum atomic E-state index is 14.3. The average Bonchev–Trinajstić information content (AvgIpc) is 3.10. The van der Waals surface area contributed by atoms with Crippen LogP contribution in [0.4, 0.5) is 4.39 Å². The standard InChI is InChI=1S/C16H12FNO4S/c1-8-9(7-13(20)21)14-10(4-5-11(19)15(14)17)18(8)16(22)12-3-2-6-23-12/h2-6,19H,7H2,1H3,(H,20,21). The first-order valence-corrected chi connectivity index (χ1v) is 7.61. The van der Waals surface area contributed by atoms with Crippen LogP contribution in [0.25, 0.3) is 10.9 Å². The summed E-state index contributed by atoms with van der Waals surface area (Å²) in [6.45, 7) is 1.57. The van der Waals surface area contributed by atoms with Crippen molar-refractivity contribution in [3.63, 3.8) is 0 Å². The summed E-state index contributed by atoms with van der Waals surface area (Å²) in [6, 6.07) is 5.94. The molecule has 2 heterocycles. The molecule has 2 N–H and O–H groups in total. The number of rotatable bonds is 3. The van der Waals surface area contributed by atoms with E-state index in [1.54, 1.807) is 24.4 Å². The van der Waals surface area contributed by atoms with Crippen LogP contribution in [0.1, 0.15) is 20.9 Å². The van der Waals surface area contributed by atoms with Gasteiger partial charge in [-0.05, 0) is 36.1 Å². The lowest BCUT2D eigenvalue weighted by atomic mass is 10.1. The van der Waals surface area contributed by atoms with Crippen molar-refractivity contribution in [1.82, 2.24) is 4.57 Å². The molecule has 5 nitrogen and oxygen atoms in total. The molecule has 0 atom stereocenters. The summed E-state index contributed by atoms with van der Waals surface area (Å²) in [7, 11) is 0. The zero-order chi connectivity index (χ0) is 16.7. The van der Waals surface area contributed by atoms with Crippen molar-refractivity contribution in [2.24, 2.45) is 0 Å². The molecule has 0 bridgehead atoms. The van der Waals surface area contributed by atoms with Crippen LogP contribution < -0.4 is 0 Å². The highest BCUT2D eigenvalue weighted by molar-refractivity contribution is 7.12. The Kier molecular flexibility index (Phi) is 3.65. The molecule has 0 unspecified atom stereocenters. The molecule has 0 amide bonds. The van der Waals surface area contributed by atoms with Gasteiger partial charge in [0.1, 0.15) is 0 Å². The number of carbonyl (C=O) groups excluding carboxylic acids is 1. The molecule has 0 fully saturated rings. The molecule has 0 aliphatic rings. The minimum atomic E-state index is -1.14. The molecule has 7 heteroatoms. The predicted octanol–water partition coefficient (Wildman–Crippen LogP) is 3.17. The van der Waals surface area contributed by atoms with E-state index < -0.39 is 24.0 Å². The fourth-order valence-corrected chi connectivity index (χ4v) is 3.32. The van der Waals surface area contributed by atoms with Crippen LogP contribution in [0.2, 0.25) is 0 Å². The molecule has 3 aromatic rings. The van der Waals surface area contributed by atoms with E-state index in [0.29, 0.717) is 10.6 Å². The fourth-order valence-electron chi connectivity index (χ4n) is 2.66. The Labute approximate surface area is 134 Å². The number of aliphatic carboxylic acids is 1. The number of hydrogen-bond acceptors (Lipinski definition) is 4. The number of aromatic nitrogens is 1. The van der Waals surface area contributed by atoms with E-state index in [9.17, 15) is 19.1 Å². The molecule has 1 aromatic carbocycles. The first-order chi connectivity index (χ1) is 10.9. The number of thiophene rings is 1. The number of phenols is 1. The molecule has 118 valence electrons. The zero-order valence-electron chi connectivity index (χ0n) is 12.0. The van der Waals surface area contributed by atoms with Gasteiger partial charge in [0.25, 0.3) is 5.91 Å². The Morgan fingerprint density at radius 3 is 2.65 bits per heavy atom. The molecule has 2 aromatic heterocycles. The van der Waals surface area contributed by atoms with Crippen molar-refractivity contribution < 1.29 is 24.2 Å². The summed E-state index contributed by atoms with van der Waals surface area (Å²) in [6.07, 6.45) is -0.437. The highest BCUT2D eigenvalue weighted by atomic mass is 32.1. The summed E-state index contributed by atoms with van der Waals surface area (Å²) in [4.78, 5) is 24.2. The molecule has 0 aliphatic heterocycles. The first kappa shape index (κ1) is 15.2. The molecule has 23 heavy (non-hydrogen) atoms. The van der Waals surface area contributed by atoms with E-state index in [1.165, 1.54) is 22.0 Å². The summed E-state index contributed by atoms with van der Waals surface area (Å²) in [5.41, 5.74) is 0.781. The van der Waals surface area contributed by atoms with Crippen molar-refractivity contribution in [2.45, 2.75) is 13.3 Å². The lowest BCUT2D eigenvalue weighted by Gasteiger charge is -2.05. The van der Waals surface area contributed by atoms with Gasteiger partial charge in [-0.3, -0.25) is 14.2 Å². The van der Waals surface area contributed by atoms with Crippen LogP contribution >= 0.6 is 11.3 Å². The van der Waals surface area contributed by atoms with E-state index >= 15 is 0 Å². The number of nitrogens with zero attached hydrogens (tertiary/aromatic N) is 1. The number of phenolic OH excluding ortho intramolecular Hbond substituents is 1. The van der Waals surface area contributed by atoms with Gasteiger partial charge < -0.3 is 10.2 Å². The number of carboxylic acid groups (broad SMARTS) is 1. The van der Waals surface area contributed by atoms with Gasteiger partial charge in [-0.2, -0.15) is 0 Å². The highest BCUT2D eigenvalue weighted by Crippen LogP contribution is 2.33. The molecule has 0 saturated carbocycles. The number of fused-ring (bicyclic) bond motifs is 1. The van der Waals surface area contributed by atoms with Crippen LogP contribution in [-0.4, -0.2) is 26.7 Å². The SMILES string of the molecule is Cc1c(CC(=O)O)c2c(F)c(O)ccc2n1C(=O)c1cccs1. The van der Waals surface area contributed by atoms with E-state index in [2.05, 4.69) is 0 Å². The second kappa shape index (κ2) is 5.51. The molecular weight excluding hydrogens is 321 g/mol. The number of hydrogen-bond donors (Lipinski definition) is 2. The Hall–Kier alpha value is -2.67. The zero-order valence-corrected chi connectivity index (χ0v) is 12.9. The average molecular weight is 333 g/mol. The van der Waals surface area contributed by atoms with Crippen molar-refractivity contribution in [1.29, 1.82) is 0 Å². The molecule has 0 aliphatic carbocycles. The van der Waals surface area contributed by atoms with Crippen molar-refractivity contribution >= 4 is 34.1 Å². The molecule has 0 saturated heterocycles. The monoisotopic (exact) mass is 333 g/mol. The minimum Gasteiger partial charge on any atom is -0.505 e. The van der Waals surface area contributed by atoms with Gasteiger partial charge in [0.05, 0.1) is 16.8 Å². The topological polar surface area (TPSA) is 79.5 Å². The van der Waals surface area contributed by atoms with Crippen molar-refractivity contribution in [3.05, 3.63) is 51.6 Å². The van der Waals surface area contributed by atoms with Gasteiger partial charge in [0.15, 0.2) is 11.6 Å². The summed E-state index contributed by atoms with van der Waals surface area (Å²) < 4.78 is 15.6. The predicted molar refractivity (Wildman–Crippen MR) is 83.7 cm³/mol. The lowest BCUT2D eigenvalue weighted by molar-refractivity contribution is -0.136. The van der Waals surface area contributed by atoms with Gasteiger partial charge in [-0.15, -0.1) is 11.3 Å². The van der Waals surface area contributed by atoms with E-state index in [0.717, 1.165) is 6.07 Å². The number of carbonyl (C=O) groups is 2. The summed E-state index contributed by atoms with van der Waals surface area (Å²) >= 11 is 1.24. The number of carboxylic acids is 1. The van der Waals surface area contributed by atoms with E-state index in [-0.39, 0.29) is 22.4 Å². The lowest BCUT2D eigenvalue weighted by Crippen LogP contribution is -2.12. The molecule has 3 rings (SSSR count). The van der Waals surface area contributed by atoms with Crippen LogP contribution in [0, 0.1) is 12.7 Å².